The van der Waals surface area contributed by atoms with Crippen LogP contribution >= 0.6 is 11.8 Å². The van der Waals surface area contributed by atoms with E-state index in [2.05, 4.69) is 10.6 Å². The first-order chi connectivity index (χ1) is 37.3. The molecule has 2 N–H and O–H groups in total. The Balaban J connectivity index is 1.27. The molecular formula is C54H70N2O22S. The fourth-order valence-corrected chi connectivity index (χ4v) is 10.3. The van der Waals surface area contributed by atoms with Crippen molar-refractivity contribution in [3.8, 4) is 11.1 Å². The van der Waals surface area contributed by atoms with Crippen LogP contribution in [-0.2, 0) is 100.0 Å². The van der Waals surface area contributed by atoms with Crippen molar-refractivity contribution >= 4 is 71.5 Å². The zero-order valence-electron chi connectivity index (χ0n) is 45.8. The van der Waals surface area contributed by atoms with E-state index in [9.17, 15) is 47.9 Å². The molecule has 0 unspecified atom stereocenters. The average Bonchev–Trinajstić information content (AvgIpc) is 3.80. The number of unbranched alkanes of at least 4 members (excludes halogenated alkanes) is 2. The molecule has 2 heterocycles. The number of esters is 8. The Bertz CT molecular complexity index is 2470. The number of rotatable bonds is 24. The molecule has 79 heavy (non-hydrogen) atoms. The van der Waals surface area contributed by atoms with Crippen molar-refractivity contribution in [2.75, 3.05) is 32.1 Å². The number of carbonyl (C=O) groups excluding carboxylic acids is 10. The summed E-state index contributed by atoms with van der Waals surface area (Å²) in [5, 5.41) is 5.32. The van der Waals surface area contributed by atoms with Gasteiger partial charge in [0.25, 0.3) is 0 Å². The second-order valence-corrected chi connectivity index (χ2v) is 20.9. The fraction of sp³-hybridized carbons (Fsp3) is 0.593. The van der Waals surface area contributed by atoms with E-state index >= 15 is 0 Å². The summed E-state index contributed by atoms with van der Waals surface area (Å²) in [5.41, 5.74) is 2.07. The minimum atomic E-state index is -1.83. The third-order valence-corrected chi connectivity index (χ3v) is 13.3. The number of benzene rings is 2. The molecule has 24 nitrogen and oxygen atoms in total. The lowest BCUT2D eigenvalue weighted by Crippen LogP contribution is -2.66. The van der Waals surface area contributed by atoms with E-state index in [-0.39, 0.29) is 19.1 Å². The van der Waals surface area contributed by atoms with Gasteiger partial charge in [-0.15, -0.1) is 11.8 Å². The minimum absolute atomic E-state index is 0.0220. The lowest BCUT2D eigenvalue weighted by Gasteiger charge is -2.48. The van der Waals surface area contributed by atoms with Gasteiger partial charge < -0.3 is 67.5 Å². The van der Waals surface area contributed by atoms with Gasteiger partial charge in [0.15, 0.2) is 36.8 Å². The van der Waals surface area contributed by atoms with Gasteiger partial charge in [-0.2, -0.15) is 0 Å². The van der Waals surface area contributed by atoms with Crippen molar-refractivity contribution in [1.29, 1.82) is 0 Å². The van der Waals surface area contributed by atoms with Crippen LogP contribution in [0.15, 0.2) is 48.5 Å². The molecule has 2 amide bonds. The van der Waals surface area contributed by atoms with Gasteiger partial charge in [0.1, 0.15) is 55.2 Å². The smallest absolute Gasteiger partial charge is 0.407 e. The van der Waals surface area contributed by atoms with Crippen molar-refractivity contribution in [3.05, 3.63) is 59.7 Å². The average molecular weight is 1130 g/mol. The van der Waals surface area contributed by atoms with Crippen molar-refractivity contribution in [2.24, 2.45) is 0 Å². The van der Waals surface area contributed by atoms with Crippen molar-refractivity contribution in [3.63, 3.8) is 0 Å². The molecule has 2 saturated heterocycles. The monoisotopic (exact) mass is 1130 g/mol. The number of hydrogen-bond acceptors (Lipinski definition) is 23. The maximum Gasteiger partial charge on any atom is 0.407 e. The maximum atomic E-state index is 13.6. The Hall–Kier alpha value is -6.83. The van der Waals surface area contributed by atoms with Crippen LogP contribution in [0.5, 0.6) is 0 Å². The third-order valence-electron chi connectivity index (χ3n) is 12.0. The summed E-state index contributed by atoms with van der Waals surface area (Å²) in [5.74, 6) is -7.24. The first-order valence-corrected chi connectivity index (χ1v) is 26.7. The molecule has 0 saturated carbocycles. The summed E-state index contributed by atoms with van der Waals surface area (Å²) in [6.45, 7) is 11.5. The Kier molecular flexibility index (Phi) is 23.5. The molecule has 0 spiro atoms. The Morgan fingerprint density at radius 2 is 1.05 bits per heavy atom. The highest BCUT2D eigenvalue weighted by molar-refractivity contribution is 7.99. The molecule has 2 aliphatic heterocycles. The normalized spacial score (nSPS) is 23.7. The molecule has 11 atom stereocenters. The summed E-state index contributed by atoms with van der Waals surface area (Å²) in [6, 6.07) is 14.3. The van der Waals surface area contributed by atoms with E-state index in [0.717, 1.165) is 82.5 Å². The van der Waals surface area contributed by atoms with E-state index < -0.39 is 152 Å². The highest BCUT2D eigenvalue weighted by atomic mass is 32.2. The van der Waals surface area contributed by atoms with Crippen LogP contribution in [0.3, 0.4) is 0 Å². The first-order valence-electron chi connectivity index (χ1n) is 25.6. The predicted molar refractivity (Wildman–Crippen MR) is 275 cm³/mol. The van der Waals surface area contributed by atoms with Crippen LogP contribution in [0.25, 0.3) is 11.1 Å². The Morgan fingerprint density at radius 3 is 1.58 bits per heavy atom. The molecule has 5 rings (SSSR count). The lowest BCUT2D eigenvalue weighted by molar-refractivity contribution is -0.341. The zero-order chi connectivity index (χ0) is 58.1. The van der Waals surface area contributed by atoms with Crippen LogP contribution in [-0.4, -0.2) is 164 Å². The molecular weight excluding hydrogens is 1060 g/mol. The first kappa shape index (κ1) is 63.0. The summed E-state index contributed by atoms with van der Waals surface area (Å²) in [6.07, 6.45) is -14.1. The third kappa shape index (κ3) is 19.2. The summed E-state index contributed by atoms with van der Waals surface area (Å²) >= 11 is 1.15. The van der Waals surface area contributed by atoms with E-state index in [1.165, 1.54) is 0 Å². The van der Waals surface area contributed by atoms with Crippen molar-refractivity contribution in [1.82, 2.24) is 10.6 Å². The zero-order valence-corrected chi connectivity index (χ0v) is 46.6. The van der Waals surface area contributed by atoms with Gasteiger partial charge in [0.2, 0.25) is 5.91 Å². The molecule has 2 aromatic carbocycles. The molecule has 0 bridgehead atoms. The van der Waals surface area contributed by atoms with Crippen LogP contribution in [0.2, 0.25) is 0 Å². The number of fused-ring (bicyclic) bond motifs is 3. The molecule has 434 valence electrons. The fourth-order valence-electron chi connectivity index (χ4n) is 9.09. The molecule has 1 aliphatic carbocycles. The van der Waals surface area contributed by atoms with Gasteiger partial charge in [0.05, 0.1) is 6.42 Å². The van der Waals surface area contributed by atoms with Crippen LogP contribution < -0.4 is 10.6 Å². The molecule has 2 aromatic rings. The Morgan fingerprint density at radius 1 is 0.557 bits per heavy atom. The topological polar surface area (TPSA) is 306 Å². The van der Waals surface area contributed by atoms with Crippen LogP contribution in [0.4, 0.5) is 4.79 Å². The Labute approximate surface area is 461 Å². The van der Waals surface area contributed by atoms with E-state index in [1.54, 1.807) is 20.8 Å². The van der Waals surface area contributed by atoms with Crippen molar-refractivity contribution < 1.29 is 105 Å². The van der Waals surface area contributed by atoms with Gasteiger partial charge in [-0.25, -0.2) is 4.79 Å². The summed E-state index contributed by atoms with van der Waals surface area (Å²) in [4.78, 5) is 127. The van der Waals surface area contributed by atoms with Gasteiger partial charge in [-0.1, -0.05) is 55.0 Å². The molecule has 0 aromatic heterocycles. The number of nitrogens with one attached hydrogen (secondary N) is 2. The van der Waals surface area contributed by atoms with E-state index in [0.29, 0.717) is 25.0 Å². The highest BCUT2D eigenvalue weighted by Crippen LogP contribution is 2.45. The van der Waals surface area contributed by atoms with E-state index in [1.807, 2.05) is 48.5 Å². The summed E-state index contributed by atoms with van der Waals surface area (Å²) < 4.78 is 68.8. The number of ether oxygens (including phenoxy) is 12. The number of amides is 2. The van der Waals surface area contributed by atoms with Gasteiger partial charge >= 0.3 is 53.8 Å². The van der Waals surface area contributed by atoms with E-state index in [4.69, 9.17) is 56.8 Å². The quantitative estimate of drug-likeness (QED) is 0.0842. The van der Waals surface area contributed by atoms with Crippen LogP contribution in [0.1, 0.15) is 112 Å². The second-order valence-electron chi connectivity index (χ2n) is 19.7. The largest absolute Gasteiger partial charge is 0.463 e. The second kappa shape index (κ2) is 29.4. The lowest BCUT2D eigenvalue weighted by atomic mass is 9.96. The van der Waals surface area contributed by atoms with Crippen LogP contribution in [0, 0.1) is 0 Å². The molecule has 25 heteroatoms. The minimum Gasteiger partial charge on any atom is -0.463 e. The predicted octanol–water partition coefficient (Wildman–Crippen LogP) is 4.26. The molecule has 3 aliphatic rings. The highest BCUT2D eigenvalue weighted by Gasteiger charge is 2.57. The molecule has 2 fully saturated rings. The van der Waals surface area contributed by atoms with Gasteiger partial charge in [-0.3, -0.25) is 43.2 Å². The van der Waals surface area contributed by atoms with Crippen molar-refractivity contribution in [2.45, 2.75) is 173 Å². The number of carbonyl (C=O) groups is 10. The van der Waals surface area contributed by atoms with Gasteiger partial charge in [0, 0.05) is 60.9 Å². The number of alkyl carbamates (subject to hydrolysis) is 1. The SMILES string of the molecule is CC(=O)OC[C@H]1O[C@@H](O[C@H]2[C@H](OC(C)=O)[C@@H](OC(C)=O)[C@H](SCCCCCNC(=O)[C@H](CC(=O)OC(C)(C)C)NC(=O)OCC3c4ccccc4-c4ccccc43)O[C@@H]2COC(C)=O)[C@H](OC(C)=O)[C@@H](OC(C)=O)[C@H]1OC(C)=O. The molecule has 0 radical (unpaired) electrons. The standard InChI is InChI=1S/C54H70N2O22S/c1-28(57)67-26-41-44(70-30(3)59)46(71-31(4)60)48(73-33(6)62)51(75-41)77-45-42(27-68-29(2)58)76-52(49(74-34(7)63)47(45)72-32(5)61)79-23-17-11-16-22-55-50(65)40(24-43(64)78-54(8,9)10)56-53(66)69-25-39-37-20-14-12-18-35(37)36-19-13-15-21-38(36)39/h12-15,18-21,39-42,44-49,51-52H,11,16-17,22-27H2,1-10H3,(H,55,65)(H,56,66)/t40-,41+,42+,44-,45+,46-,47-,48+,49+,51-,52-/m0/s1. The van der Waals surface area contributed by atoms with Gasteiger partial charge in [-0.05, 0) is 61.6 Å². The maximum absolute atomic E-state index is 13.6. The number of thioether (sulfide) groups is 1. The summed E-state index contributed by atoms with van der Waals surface area (Å²) in [7, 11) is 0. The number of hydrogen-bond donors (Lipinski definition) is 2.